The quantitative estimate of drug-likeness (QED) is 0.909. The first-order valence-electron chi connectivity index (χ1n) is 7.03. The third-order valence-electron chi connectivity index (χ3n) is 4.40. The Morgan fingerprint density at radius 3 is 2.80 bits per heavy atom. The second-order valence-electron chi connectivity index (χ2n) is 5.43. The Kier molecular flexibility index (Phi) is 3.54. The van der Waals surface area contributed by atoms with E-state index >= 15 is 0 Å². The summed E-state index contributed by atoms with van der Waals surface area (Å²) in [6, 6.07) is 8.10. The van der Waals surface area contributed by atoms with Crippen LogP contribution in [0.25, 0.3) is 0 Å². The summed E-state index contributed by atoms with van der Waals surface area (Å²) < 4.78 is 5.23. The van der Waals surface area contributed by atoms with Crippen molar-refractivity contribution in [2.75, 3.05) is 24.3 Å². The van der Waals surface area contributed by atoms with Crippen LogP contribution in [0.1, 0.15) is 19.8 Å². The van der Waals surface area contributed by atoms with Gasteiger partial charge in [-0.3, -0.25) is 4.99 Å². The maximum absolute atomic E-state index is 6.18. The minimum Gasteiger partial charge on any atom is -0.497 e. The van der Waals surface area contributed by atoms with Gasteiger partial charge in [-0.25, -0.2) is 0 Å². The predicted octanol–water partition coefficient (Wildman–Crippen LogP) is 2.48. The van der Waals surface area contributed by atoms with Gasteiger partial charge in [-0.05, 0) is 42.9 Å². The van der Waals surface area contributed by atoms with Crippen LogP contribution in [0.15, 0.2) is 29.3 Å². The molecule has 0 amide bonds. The van der Waals surface area contributed by atoms with E-state index in [1.807, 2.05) is 23.9 Å². The van der Waals surface area contributed by atoms with E-state index in [-0.39, 0.29) is 5.54 Å². The van der Waals surface area contributed by atoms with E-state index in [2.05, 4.69) is 28.9 Å². The molecular formula is C15H21N3OS. The highest BCUT2D eigenvalue weighted by atomic mass is 32.2. The molecule has 0 aliphatic carbocycles. The molecule has 2 N–H and O–H groups in total. The number of hydrogen-bond acceptors (Lipinski definition) is 5. The van der Waals surface area contributed by atoms with Crippen molar-refractivity contribution >= 4 is 23.4 Å². The lowest BCUT2D eigenvalue weighted by molar-refractivity contribution is 0.403. The number of rotatable bonds is 2. The van der Waals surface area contributed by atoms with E-state index in [1.54, 1.807) is 7.11 Å². The van der Waals surface area contributed by atoms with Crippen LogP contribution in [0.4, 0.5) is 5.69 Å². The molecule has 4 nitrogen and oxygen atoms in total. The van der Waals surface area contributed by atoms with E-state index in [0.717, 1.165) is 24.4 Å². The standard InChI is InChI=1S/C15H21N3OS/c1-11-15(8-3-9-20-11)10-17-14(16)18(15)12-4-6-13(19-2)7-5-12/h4-7,11H,3,8-10H2,1-2H3,(H2,16,17). The van der Waals surface area contributed by atoms with Gasteiger partial charge in [0.25, 0.3) is 0 Å². The third-order valence-corrected chi connectivity index (χ3v) is 5.86. The van der Waals surface area contributed by atoms with Crippen molar-refractivity contribution in [2.24, 2.45) is 10.7 Å². The summed E-state index contributed by atoms with van der Waals surface area (Å²) in [6.07, 6.45) is 2.38. The first kappa shape index (κ1) is 13.6. The number of ether oxygens (including phenoxy) is 1. The maximum atomic E-state index is 6.18. The molecular weight excluding hydrogens is 270 g/mol. The zero-order valence-electron chi connectivity index (χ0n) is 12.0. The van der Waals surface area contributed by atoms with Crippen LogP contribution < -0.4 is 15.4 Å². The first-order valence-corrected chi connectivity index (χ1v) is 8.08. The molecule has 2 aliphatic heterocycles. The van der Waals surface area contributed by atoms with Crippen LogP contribution in [0.2, 0.25) is 0 Å². The van der Waals surface area contributed by atoms with Gasteiger partial charge in [0.2, 0.25) is 0 Å². The van der Waals surface area contributed by atoms with Gasteiger partial charge < -0.3 is 15.4 Å². The second kappa shape index (κ2) is 5.20. The van der Waals surface area contributed by atoms with Crippen molar-refractivity contribution in [1.29, 1.82) is 0 Å². The lowest BCUT2D eigenvalue weighted by Gasteiger charge is -2.46. The Morgan fingerprint density at radius 1 is 1.40 bits per heavy atom. The molecule has 1 spiro atoms. The third kappa shape index (κ3) is 2.04. The summed E-state index contributed by atoms with van der Waals surface area (Å²) in [5, 5.41) is 0.531. The first-order chi connectivity index (χ1) is 9.67. The lowest BCUT2D eigenvalue weighted by Crippen LogP contribution is -2.58. The number of benzene rings is 1. The van der Waals surface area contributed by atoms with Crippen LogP contribution in [0.3, 0.4) is 0 Å². The summed E-state index contributed by atoms with van der Waals surface area (Å²) >= 11 is 2.03. The zero-order valence-corrected chi connectivity index (χ0v) is 12.8. The summed E-state index contributed by atoms with van der Waals surface area (Å²) in [6.45, 7) is 3.10. The predicted molar refractivity (Wildman–Crippen MR) is 85.8 cm³/mol. The summed E-state index contributed by atoms with van der Waals surface area (Å²) in [4.78, 5) is 6.78. The Morgan fingerprint density at radius 2 is 2.15 bits per heavy atom. The second-order valence-corrected chi connectivity index (χ2v) is 6.88. The average Bonchev–Trinajstić information content (AvgIpc) is 2.80. The molecule has 0 aromatic heterocycles. The van der Waals surface area contributed by atoms with E-state index in [0.29, 0.717) is 11.2 Å². The van der Waals surface area contributed by atoms with Crippen LogP contribution in [-0.2, 0) is 0 Å². The number of nitrogens with two attached hydrogens (primary N) is 1. The largest absolute Gasteiger partial charge is 0.497 e. The molecule has 3 rings (SSSR count). The lowest BCUT2D eigenvalue weighted by atomic mass is 9.88. The Hall–Kier alpha value is -1.36. The van der Waals surface area contributed by atoms with Gasteiger partial charge in [-0.2, -0.15) is 11.8 Å². The summed E-state index contributed by atoms with van der Waals surface area (Å²) in [7, 11) is 1.68. The fraction of sp³-hybridized carbons (Fsp3) is 0.533. The number of methoxy groups -OCH3 is 1. The normalized spacial score (nSPS) is 29.6. The number of anilines is 1. The molecule has 0 radical (unpaired) electrons. The molecule has 20 heavy (non-hydrogen) atoms. The molecule has 2 unspecified atom stereocenters. The minimum absolute atomic E-state index is 0.0432. The number of thioether (sulfide) groups is 1. The van der Waals surface area contributed by atoms with E-state index < -0.39 is 0 Å². The van der Waals surface area contributed by atoms with Crippen LogP contribution in [0, 0.1) is 0 Å². The highest BCUT2D eigenvalue weighted by molar-refractivity contribution is 8.00. The van der Waals surface area contributed by atoms with Crippen LogP contribution >= 0.6 is 11.8 Å². The van der Waals surface area contributed by atoms with Crippen molar-refractivity contribution in [3.05, 3.63) is 24.3 Å². The number of nitrogens with zero attached hydrogens (tertiary/aromatic N) is 2. The fourth-order valence-electron chi connectivity index (χ4n) is 3.21. The van der Waals surface area contributed by atoms with Crippen molar-refractivity contribution < 1.29 is 4.74 Å². The minimum atomic E-state index is 0.0432. The monoisotopic (exact) mass is 291 g/mol. The molecule has 1 saturated heterocycles. The van der Waals surface area contributed by atoms with Crippen molar-refractivity contribution in [1.82, 2.24) is 0 Å². The number of aliphatic imine (C=N–C) groups is 1. The van der Waals surface area contributed by atoms with E-state index in [1.165, 1.54) is 12.2 Å². The molecule has 5 heteroatoms. The zero-order chi connectivity index (χ0) is 14.2. The Bertz CT molecular complexity index is 516. The van der Waals surface area contributed by atoms with Crippen molar-refractivity contribution in [3.8, 4) is 5.75 Å². The van der Waals surface area contributed by atoms with Gasteiger partial charge in [0.05, 0.1) is 19.2 Å². The van der Waals surface area contributed by atoms with Crippen LogP contribution in [-0.4, -0.2) is 36.2 Å². The Balaban J connectivity index is 1.96. The molecule has 2 heterocycles. The molecule has 1 fully saturated rings. The highest BCUT2D eigenvalue weighted by Crippen LogP contribution is 2.43. The summed E-state index contributed by atoms with van der Waals surface area (Å²) in [5.41, 5.74) is 7.34. The molecule has 2 aliphatic rings. The van der Waals surface area contributed by atoms with Crippen molar-refractivity contribution in [2.45, 2.75) is 30.6 Å². The number of guanidine groups is 1. The summed E-state index contributed by atoms with van der Waals surface area (Å²) in [5.74, 6) is 2.74. The van der Waals surface area contributed by atoms with Gasteiger partial charge in [-0.1, -0.05) is 6.92 Å². The molecule has 1 aromatic carbocycles. The topological polar surface area (TPSA) is 50.9 Å². The molecule has 1 aromatic rings. The molecule has 108 valence electrons. The van der Waals surface area contributed by atoms with Gasteiger partial charge >= 0.3 is 0 Å². The molecule has 0 saturated carbocycles. The van der Waals surface area contributed by atoms with Crippen molar-refractivity contribution in [3.63, 3.8) is 0 Å². The fourth-order valence-corrected chi connectivity index (χ4v) is 4.48. The van der Waals surface area contributed by atoms with Gasteiger partial charge in [0.1, 0.15) is 5.75 Å². The van der Waals surface area contributed by atoms with E-state index in [9.17, 15) is 0 Å². The average molecular weight is 291 g/mol. The highest BCUT2D eigenvalue weighted by Gasteiger charge is 2.48. The number of hydrogen-bond donors (Lipinski definition) is 1. The smallest absolute Gasteiger partial charge is 0.196 e. The SMILES string of the molecule is COc1ccc(N2C(N)=NCC23CCCSC3C)cc1. The Labute approximate surface area is 124 Å². The molecule has 2 atom stereocenters. The van der Waals surface area contributed by atoms with Gasteiger partial charge in [-0.15, -0.1) is 0 Å². The van der Waals surface area contributed by atoms with E-state index in [4.69, 9.17) is 10.5 Å². The van der Waals surface area contributed by atoms with Gasteiger partial charge in [0, 0.05) is 10.9 Å². The van der Waals surface area contributed by atoms with Gasteiger partial charge in [0.15, 0.2) is 5.96 Å². The maximum Gasteiger partial charge on any atom is 0.196 e. The van der Waals surface area contributed by atoms with Crippen LogP contribution in [0.5, 0.6) is 5.75 Å². The molecule has 0 bridgehead atoms.